The van der Waals surface area contributed by atoms with Gasteiger partial charge in [-0.25, -0.2) is 9.97 Å². The number of amides is 1. The lowest BCUT2D eigenvalue weighted by atomic mass is 10.2. The molecule has 0 saturated heterocycles. The molecule has 2 heterocycles. The second kappa shape index (κ2) is 5.23. The molecule has 0 aliphatic carbocycles. The number of nitrogen functional groups attached to an aromatic ring is 1. The number of nitrogens with zero attached hydrogens (tertiary/aromatic N) is 4. The number of H-pyrrole nitrogens is 1. The van der Waals surface area contributed by atoms with Gasteiger partial charge in [-0.1, -0.05) is 11.6 Å². The highest BCUT2D eigenvalue weighted by atomic mass is 35.5. The van der Waals surface area contributed by atoms with E-state index in [4.69, 9.17) is 17.3 Å². The molecule has 0 spiro atoms. The number of carbonyl (C=O) groups excluding carboxylic acids is 1. The van der Waals surface area contributed by atoms with E-state index in [-0.39, 0.29) is 28.5 Å². The number of anilines is 1. The molecule has 2 aromatic heterocycles. The van der Waals surface area contributed by atoms with Gasteiger partial charge in [0.2, 0.25) is 0 Å². The Hall–Kier alpha value is -2.15. The van der Waals surface area contributed by atoms with Gasteiger partial charge in [0.1, 0.15) is 17.0 Å². The van der Waals surface area contributed by atoms with Gasteiger partial charge in [0, 0.05) is 13.2 Å². The Kier molecular flexibility index (Phi) is 3.66. The summed E-state index contributed by atoms with van der Waals surface area (Å²) in [7, 11) is 1.66. The van der Waals surface area contributed by atoms with Crippen molar-refractivity contribution in [3.05, 3.63) is 35.0 Å². The predicted octanol–water partition coefficient (Wildman–Crippen LogP) is 1.27. The van der Waals surface area contributed by atoms with E-state index in [0.29, 0.717) is 0 Å². The Morgan fingerprint density at radius 3 is 2.84 bits per heavy atom. The molecule has 3 N–H and O–H groups in total. The molecule has 0 saturated carbocycles. The second-order valence-corrected chi connectivity index (χ2v) is 4.40. The third-order valence-corrected chi connectivity index (χ3v) is 3.26. The zero-order chi connectivity index (χ0) is 14.0. The predicted molar refractivity (Wildman–Crippen MR) is 70.6 cm³/mol. The van der Waals surface area contributed by atoms with Gasteiger partial charge in [0.15, 0.2) is 5.82 Å². The van der Waals surface area contributed by atoms with E-state index in [1.54, 1.807) is 19.3 Å². The zero-order valence-corrected chi connectivity index (χ0v) is 11.2. The topological polar surface area (TPSA) is 101 Å². The molecule has 0 radical (unpaired) electrons. The van der Waals surface area contributed by atoms with E-state index in [1.807, 2.05) is 6.92 Å². The SMILES string of the molecule is C[C@@H](c1ccncn1)N(C)C(=O)c1[nH]nc(N)c1Cl. The summed E-state index contributed by atoms with van der Waals surface area (Å²) in [6.45, 7) is 1.86. The highest BCUT2D eigenvalue weighted by Crippen LogP contribution is 2.24. The van der Waals surface area contributed by atoms with E-state index in [9.17, 15) is 4.79 Å². The third-order valence-electron chi connectivity index (χ3n) is 2.88. The number of rotatable bonds is 3. The molecule has 7 nitrogen and oxygen atoms in total. The number of nitrogens with two attached hydrogens (primary N) is 1. The van der Waals surface area contributed by atoms with Gasteiger partial charge in [0.05, 0.1) is 11.7 Å². The third kappa shape index (κ3) is 2.50. The van der Waals surface area contributed by atoms with E-state index >= 15 is 0 Å². The van der Waals surface area contributed by atoms with Crippen molar-refractivity contribution in [2.24, 2.45) is 0 Å². The largest absolute Gasteiger partial charge is 0.381 e. The smallest absolute Gasteiger partial charge is 0.273 e. The monoisotopic (exact) mass is 280 g/mol. The first-order valence-corrected chi connectivity index (χ1v) is 5.92. The summed E-state index contributed by atoms with van der Waals surface area (Å²) >= 11 is 5.91. The average Bonchev–Trinajstić information content (AvgIpc) is 2.77. The highest BCUT2D eigenvalue weighted by Gasteiger charge is 2.24. The Balaban J connectivity index is 2.22. The van der Waals surface area contributed by atoms with E-state index in [2.05, 4.69) is 20.2 Å². The van der Waals surface area contributed by atoms with Crippen LogP contribution in [0.15, 0.2) is 18.6 Å². The van der Waals surface area contributed by atoms with Crippen LogP contribution in [0.1, 0.15) is 29.1 Å². The van der Waals surface area contributed by atoms with Gasteiger partial charge in [-0.15, -0.1) is 0 Å². The average molecular weight is 281 g/mol. The standard InChI is InChI=1S/C11H13ClN6O/c1-6(7-3-4-14-5-15-7)18(2)11(19)9-8(12)10(13)17-16-9/h3-6H,1-2H3,(H3,13,16,17)/t6-/m0/s1. The number of aromatic nitrogens is 4. The van der Waals surface area contributed by atoms with Gasteiger partial charge >= 0.3 is 0 Å². The summed E-state index contributed by atoms with van der Waals surface area (Å²) in [5.74, 6) is -0.201. The molecule has 8 heteroatoms. The molecule has 2 rings (SSSR count). The summed E-state index contributed by atoms with van der Waals surface area (Å²) in [5.41, 5.74) is 6.40. The van der Waals surface area contributed by atoms with Gasteiger partial charge < -0.3 is 10.6 Å². The molecule has 0 fully saturated rings. The maximum atomic E-state index is 12.3. The number of aromatic amines is 1. The minimum atomic E-state index is -0.305. The summed E-state index contributed by atoms with van der Waals surface area (Å²) in [6.07, 6.45) is 3.06. The van der Waals surface area contributed by atoms with Crippen LogP contribution in [0.5, 0.6) is 0 Å². The molecule has 0 unspecified atom stereocenters. The molecule has 1 amide bonds. The van der Waals surface area contributed by atoms with Crippen molar-refractivity contribution < 1.29 is 4.79 Å². The molecule has 100 valence electrons. The van der Waals surface area contributed by atoms with Crippen LogP contribution in [0.4, 0.5) is 5.82 Å². The fourth-order valence-electron chi connectivity index (χ4n) is 1.58. The first kappa shape index (κ1) is 13.3. The molecular formula is C11H13ClN6O. The minimum Gasteiger partial charge on any atom is -0.381 e. The Bertz CT molecular complexity index is 584. The lowest BCUT2D eigenvalue weighted by Gasteiger charge is -2.23. The van der Waals surface area contributed by atoms with Crippen molar-refractivity contribution in [3.63, 3.8) is 0 Å². The van der Waals surface area contributed by atoms with Crippen LogP contribution in [0.3, 0.4) is 0 Å². The van der Waals surface area contributed by atoms with Crippen LogP contribution in [-0.2, 0) is 0 Å². The van der Waals surface area contributed by atoms with Crippen LogP contribution in [0, 0.1) is 0 Å². The van der Waals surface area contributed by atoms with Crippen LogP contribution < -0.4 is 5.73 Å². The molecule has 0 aliphatic rings. The fourth-order valence-corrected chi connectivity index (χ4v) is 1.75. The van der Waals surface area contributed by atoms with Crippen LogP contribution >= 0.6 is 11.6 Å². The summed E-state index contributed by atoms with van der Waals surface area (Å²) < 4.78 is 0. The Labute approximate surface area is 114 Å². The summed E-state index contributed by atoms with van der Waals surface area (Å²) in [5, 5.41) is 6.36. The molecule has 0 aromatic carbocycles. The minimum absolute atomic E-state index is 0.105. The van der Waals surface area contributed by atoms with Crippen molar-refractivity contribution in [2.45, 2.75) is 13.0 Å². The summed E-state index contributed by atoms with van der Waals surface area (Å²) in [4.78, 5) is 21.7. The number of halogens is 1. The molecular weight excluding hydrogens is 268 g/mol. The molecule has 1 atom stereocenters. The maximum Gasteiger partial charge on any atom is 0.273 e. The van der Waals surface area contributed by atoms with Gasteiger partial charge in [-0.3, -0.25) is 9.89 Å². The molecule has 19 heavy (non-hydrogen) atoms. The summed E-state index contributed by atoms with van der Waals surface area (Å²) in [6, 6.07) is 1.52. The Morgan fingerprint density at radius 1 is 1.58 bits per heavy atom. The highest BCUT2D eigenvalue weighted by molar-refractivity contribution is 6.35. The first-order valence-electron chi connectivity index (χ1n) is 5.54. The quantitative estimate of drug-likeness (QED) is 0.882. The number of nitrogens with one attached hydrogen (secondary N) is 1. The van der Waals surface area contributed by atoms with E-state index < -0.39 is 0 Å². The van der Waals surface area contributed by atoms with Crippen LogP contribution in [-0.4, -0.2) is 38.0 Å². The van der Waals surface area contributed by atoms with Crippen molar-refractivity contribution in [3.8, 4) is 0 Å². The van der Waals surface area contributed by atoms with Gasteiger partial charge in [0.25, 0.3) is 5.91 Å². The van der Waals surface area contributed by atoms with Gasteiger partial charge in [-0.05, 0) is 13.0 Å². The Morgan fingerprint density at radius 2 is 2.32 bits per heavy atom. The number of hydrogen-bond acceptors (Lipinski definition) is 5. The van der Waals surface area contributed by atoms with Crippen LogP contribution in [0.2, 0.25) is 5.02 Å². The fraction of sp³-hybridized carbons (Fsp3) is 0.273. The van der Waals surface area contributed by atoms with Crippen molar-refractivity contribution in [1.82, 2.24) is 25.1 Å². The number of carbonyl (C=O) groups is 1. The maximum absolute atomic E-state index is 12.3. The second-order valence-electron chi connectivity index (χ2n) is 4.02. The number of hydrogen-bond donors (Lipinski definition) is 2. The van der Waals surface area contributed by atoms with E-state index in [1.165, 1.54) is 11.2 Å². The van der Waals surface area contributed by atoms with Crippen molar-refractivity contribution in [2.75, 3.05) is 12.8 Å². The molecule has 0 bridgehead atoms. The lowest BCUT2D eigenvalue weighted by molar-refractivity contribution is 0.0734. The van der Waals surface area contributed by atoms with Crippen LogP contribution in [0.25, 0.3) is 0 Å². The van der Waals surface area contributed by atoms with E-state index in [0.717, 1.165) is 5.69 Å². The first-order chi connectivity index (χ1) is 9.02. The lowest BCUT2D eigenvalue weighted by Crippen LogP contribution is -2.30. The zero-order valence-electron chi connectivity index (χ0n) is 10.5. The molecule has 0 aliphatic heterocycles. The van der Waals surface area contributed by atoms with Crippen molar-refractivity contribution >= 4 is 23.3 Å². The molecule has 2 aromatic rings. The normalized spacial score (nSPS) is 12.2. The van der Waals surface area contributed by atoms with Gasteiger partial charge in [-0.2, -0.15) is 5.10 Å². The van der Waals surface area contributed by atoms with Crippen molar-refractivity contribution in [1.29, 1.82) is 0 Å².